The molecule has 1 aliphatic rings. The van der Waals surface area contributed by atoms with Gasteiger partial charge in [0.25, 0.3) is 0 Å². The van der Waals surface area contributed by atoms with Crippen molar-refractivity contribution in [2.75, 3.05) is 6.61 Å². The van der Waals surface area contributed by atoms with Gasteiger partial charge in [-0.05, 0) is 32.1 Å². The van der Waals surface area contributed by atoms with Crippen LogP contribution in [0.2, 0.25) is 0 Å². The molecule has 126 valence electrons. The first-order valence-corrected chi connectivity index (χ1v) is 8.45. The van der Waals surface area contributed by atoms with E-state index in [1.807, 2.05) is 6.08 Å². The van der Waals surface area contributed by atoms with Gasteiger partial charge in [0.05, 0.1) is 17.9 Å². The molecule has 0 bridgehead atoms. The van der Waals surface area contributed by atoms with E-state index in [2.05, 4.69) is 13.8 Å². The minimum absolute atomic E-state index is 0.385. The SMILES string of the molecule is CC(C)CCCCCCOC(=O)C1(C)C=CCCC1C(=O)O. The lowest BCUT2D eigenvalue weighted by atomic mass is 9.71. The van der Waals surface area contributed by atoms with E-state index in [4.69, 9.17) is 4.74 Å². The molecule has 2 atom stereocenters. The van der Waals surface area contributed by atoms with E-state index in [-0.39, 0.29) is 0 Å². The van der Waals surface area contributed by atoms with Crippen molar-refractivity contribution in [1.29, 1.82) is 0 Å². The van der Waals surface area contributed by atoms with Crippen molar-refractivity contribution < 1.29 is 19.4 Å². The molecule has 2 unspecified atom stereocenters. The van der Waals surface area contributed by atoms with Gasteiger partial charge in [-0.2, -0.15) is 0 Å². The van der Waals surface area contributed by atoms with Crippen molar-refractivity contribution in [3.05, 3.63) is 12.2 Å². The van der Waals surface area contributed by atoms with Gasteiger partial charge >= 0.3 is 11.9 Å². The normalized spacial score (nSPS) is 24.5. The Morgan fingerprint density at radius 1 is 1.27 bits per heavy atom. The molecule has 4 heteroatoms. The van der Waals surface area contributed by atoms with Crippen LogP contribution in [0.5, 0.6) is 0 Å². The molecule has 0 saturated carbocycles. The van der Waals surface area contributed by atoms with Gasteiger partial charge in [0, 0.05) is 0 Å². The maximum Gasteiger partial charge on any atom is 0.316 e. The molecule has 0 aromatic carbocycles. The number of ether oxygens (including phenoxy) is 1. The Bertz CT molecular complexity index is 400. The van der Waals surface area contributed by atoms with Crippen LogP contribution in [0.15, 0.2) is 12.2 Å². The molecule has 0 aromatic heterocycles. The van der Waals surface area contributed by atoms with Crippen LogP contribution in [0.1, 0.15) is 65.7 Å². The molecule has 1 N–H and O–H groups in total. The lowest BCUT2D eigenvalue weighted by molar-refractivity contribution is -0.163. The Labute approximate surface area is 133 Å². The van der Waals surface area contributed by atoms with Crippen LogP contribution in [-0.4, -0.2) is 23.7 Å². The molecule has 0 fully saturated rings. The van der Waals surface area contributed by atoms with Crippen molar-refractivity contribution in [2.45, 2.75) is 65.7 Å². The number of carboxylic acid groups (broad SMARTS) is 1. The van der Waals surface area contributed by atoms with Crippen LogP contribution >= 0.6 is 0 Å². The molecule has 0 amide bonds. The third-order valence-corrected chi connectivity index (χ3v) is 4.46. The van der Waals surface area contributed by atoms with Gasteiger partial charge in [-0.1, -0.05) is 51.7 Å². The zero-order valence-corrected chi connectivity index (χ0v) is 14.1. The molecule has 0 aliphatic heterocycles. The first kappa shape index (κ1) is 18.7. The van der Waals surface area contributed by atoms with Crippen LogP contribution < -0.4 is 0 Å². The highest BCUT2D eigenvalue weighted by molar-refractivity contribution is 5.86. The number of aliphatic carboxylic acids is 1. The average Bonchev–Trinajstić information content (AvgIpc) is 2.45. The highest BCUT2D eigenvalue weighted by Gasteiger charge is 2.45. The Morgan fingerprint density at radius 2 is 1.95 bits per heavy atom. The highest BCUT2D eigenvalue weighted by atomic mass is 16.5. The number of carbonyl (C=O) groups is 2. The first-order chi connectivity index (χ1) is 10.4. The summed E-state index contributed by atoms with van der Waals surface area (Å²) in [5, 5.41) is 9.29. The van der Waals surface area contributed by atoms with E-state index in [1.54, 1.807) is 13.0 Å². The van der Waals surface area contributed by atoms with Gasteiger partial charge in [0.15, 0.2) is 0 Å². The topological polar surface area (TPSA) is 63.6 Å². The molecule has 1 aliphatic carbocycles. The van der Waals surface area contributed by atoms with Crippen molar-refractivity contribution in [2.24, 2.45) is 17.3 Å². The highest BCUT2D eigenvalue weighted by Crippen LogP contribution is 2.38. The Hall–Kier alpha value is -1.32. The molecular weight excluding hydrogens is 280 g/mol. The molecule has 0 saturated heterocycles. The maximum atomic E-state index is 12.3. The fraction of sp³-hybridized carbons (Fsp3) is 0.778. The third-order valence-electron chi connectivity index (χ3n) is 4.46. The molecule has 0 spiro atoms. The summed E-state index contributed by atoms with van der Waals surface area (Å²) in [6, 6.07) is 0. The zero-order valence-electron chi connectivity index (χ0n) is 14.1. The third kappa shape index (κ3) is 5.47. The second-order valence-electron chi connectivity index (χ2n) is 6.89. The van der Waals surface area contributed by atoms with E-state index in [1.165, 1.54) is 12.8 Å². The van der Waals surface area contributed by atoms with Crippen LogP contribution in [0.4, 0.5) is 0 Å². The number of carbonyl (C=O) groups excluding carboxylic acids is 1. The van der Waals surface area contributed by atoms with Crippen LogP contribution in [0.3, 0.4) is 0 Å². The quantitative estimate of drug-likeness (QED) is 0.394. The molecule has 1 rings (SSSR count). The Morgan fingerprint density at radius 3 is 2.59 bits per heavy atom. The van der Waals surface area contributed by atoms with E-state index < -0.39 is 23.3 Å². The maximum absolute atomic E-state index is 12.3. The summed E-state index contributed by atoms with van der Waals surface area (Å²) in [6.07, 6.45) is 10.3. The summed E-state index contributed by atoms with van der Waals surface area (Å²) < 4.78 is 5.34. The van der Waals surface area contributed by atoms with Gasteiger partial charge in [0.1, 0.15) is 0 Å². The predicted octanol–water partition coefficient (Wildman–Crippen LogP) is 4.19. The largest absolute Gasteiger partial charge is 0.481 e. The van der Waals surface area contributed by atoms with Crippen molar-refractivity contribution in [3.8, 4) is 0 Å². The number of unbranched alkanes of at least 4 members (excludes halogenated alkanes) is 3. The van der Waals surface area contributed by atoms with E-state index in [9.17, 15) is 14.7 Å². The summed E-state index contributed by atoms with van der Waals surface area (Å²) >= 11 is 0. The van der Waals surface area contributed by atoms with Gasteiger partial charge in [0.2, 0.25) is 0 Å². The summed E-state index contributed by atoms with van der Waals surface area (Å²) in [5.41, 5.74) is -1.03. The number of hydrogen-bond acceptors (Lipinski definition) is 3. The number of rotatable bonds is 9. The number of esters is 1. The molecule has 0 aromatic rings. The smallest absolute Gasteiger partial charge is 0.316 e. The standard InChI is InChI=1S/C18H30O4/c1-14(2)10-6-4-5-9-13-22-17(21)18(3)12-8-7-11-15(18)16(19)20/h8,12,14-15H,4-7,9-11,13H2,1-3H3,(H,19,20). The Balaban J connectivity index is 2.33. The van der Waals surface area contributed by atoms with Gasteiger partial charge < -0.3 is 9.84 Å². The summed E-state index contributed by atoms with van der Waals surface area (Å²) in [7, 11) is 0. The van der Waals surface area contributed by atoms with Crippen molar-refractivity contribution in [1.82, 2.24) is 0 Å². The Kier molecular flexibility index (Phi) is 7.63. The average molecular weight is 310 g/mol. The van der Waals surface area contributed by atoms with Gasteiger partial charge in [-0.15, -0.1) is 0 Å². The predicted molar refractivity (Wildman–Crippen MR) is 86.5 cm³/mol. The second kappa shape index (κ2) is 8.96. The number of allylic oxidation sites excluding steroid dienone is 1. The zero-order chi connectivity index (χ0) is 16.6. The lowest BCUT2D eigenvalue weighted by Gasteiger charge is -2.32. The summed E-state index contributed by atoms with van der Waals surface area (Å²) in [5.74, 6) is -1.27. The molecule has 0 heterocycles. The minimum Gasteiger partial charge on any atom is -0.481 e. The first-order valence-electron chi connectivity index (χ1n) is 8.45. The molecule has 4 nitrogen and oxygen atoms in total. The number of hydrogen-bond donors (Lipinski definition) is 1. The van der Waals surface area contributed by atoms with Gasteiger partial charge in [-0.25, -0.2) is 0 Å². The number of carboxylic acids is 1. The van der Waals surface area contributed by atoms with Crippen LogP contribution in [-0.2, 0) is 14.3 Å². The van der Waals surface area contributed by atoms with Crippen LogP contribution in [0, 0.1) is 17.3 Å². The lowest BCUT2D eigenvalue weighted by Crippen LogP contribution is -2.41. The summed E-state index contributed by atoms with van der Waals surface area (Å²) in [6.45, 7) is 6.50. The van der Waals surface area contributed by atoms with Gasteiger partial charge in [-0.3, -0.25) is 9.59 Å². The fourth-order valence-corrected chi connectivity index (χ4v) is 2.93. The molecular formula is C18H30O4. The van der Waals surface area contributed by atoms with E-state index >= 15 is 0 Å². The monoisotopic (exact) mass is 310 g/mol. The van der Waals surface area contributed by atoms with Crippen LogP contribution in [0.25, 0.3) is 0 Å². The molecule has 0 radical (unpaired) electrons. The minimum atomic E-state index is -1.03. The second-order valence-corrected chi connectivity index (χ2v) is 6.89. The fourth-order valence-electron chi connectivity index (χ4n) is 2.93. The van der Waals surface area contributed by atoms with E-state index in [0.29, 0.717) is 19.4 Å². The molecule has 22 heavy (non-hydrogen) atoms. The van der Waals surface area contributed by atoms with Crippen molar-refractivity contribution >= 4 is 11.9 Å². The van der Waals surface area contributed by atoms with E-state index in [0.717, 1.165) is 25.2 Å². The summed E-state index contributed by atoms with van der Waals surface area (Å²) in [4.78, 5) is 23.6. The van der Waals surface area contributed by atoms with Crippen molar-refractivity contribution in [3.63, 3.8) is 0 Å².